The van der Waals surface area contributed by atoms with E-state index in [0.717, 1.165) is 32.1 Å². The normalized spacial score (nSPS) is 13.6. The van der Waals surface area contributed by atoms with Gasteiger partial charge in [-0.2, -0.15) is 0 Å². The van der Waals surface area contributed by atoms with E-state index in [1.807, 2.05) is 21.1 Å². The van der Waals surface area contributed by atoms with Crippen LogP contribution in [0.3, 0.4) is 0 Å². The van der Waals surface area contributed by atoms with Gasteiger partial charge in [-0.15, -0.1) is 0 Å². The van der Waals surface area contributed by atoms with Crippen molar-refractivity contribution >= 4 is 19.8 Å². The van der Waals surface area contributed by atoms with Crippen molar-refractivity contribution in [2.24, 2.45) is 0 Å². The summed E-state index contributed by atoms with van der Waals surface area (Å²) in [6.45, 7) is 4.44. The molecule has 0 aromatic carbocycles. The second kappa shape index (κ2) is 34.8. The van der Waals surface area contributed by atoms with Gasteiger partial charge in [-0.1, -0.05) is 174 Å². The molecule has 9 nitrogen and oxygen atoms in total. The Kier molecular flexibility index (Phi) is 34.1. The fourth-order valence-electron chi connectivity index (χ4n) is 6.01. The maximum atomic E-state index is 12.6. The van der Waals surface area contributed by atoms with Crippen LogP contribution in [0.4, 0.5) is 0 Å². The molecule has 10 heteroatoms. The van der Waals surface area contributed by atoms with Crippen LogP contribution in [0.15, 0.2) is 0 Å². The van der Waals surface area contributed by atoms with Crippen LogP contribution >= 0.6 is 7.82 Å². The average molecular weight is 749 g/mol. The predicted octanol–water partition coefficient (Wildman–Crippen LogP) is 11.6. The molecule has 0 radical (unpaired) electrons. The molecular formula is C41H83NO8P+. The van der Waals surface area contributed by atoms with E-state index in [2.05, 4.69) is 13.8 Å². The Bertz CT molecular complexity index is 850. The SMILES string of the molecule is CCCCCCCCCCCCCCCCCCC(=O)OCC(COP(=O)(O)OCC[N+](C)(C)C)OC(=O)CCCCCCCCCCCCC. The number of hydrogen-bond acceptors (Lipinski definition) is 7. The summed E-state index contributed by atoms with van der Waals surface area (Å²) in [4.78, 5) is 35.2. The van der Waals surface area contributed by atoms with Crippen molar-refractivity contribution in [3.05, 3.63) is 0 Å². The number of phosphoric acid groups is 1. The van der Waals surface area contributed by atoms with E-state index in [-0.39, 0.29) is 25.6 Å². The van der Waals surface area contributed by atoms with E-state index >= 15 is 0 Å². The third-order valence-corrected chi connectivity index (χ3v) is 10.4. The van der Waals surface area contributed by atoms with Gasteiger partial charge in [-0.3, -0.25) is 18.6 Å². The van der Waals surface area contributed by atoms with Crippen LogP contribution in [0.25, 0.3) is 0 Å². The van der Waals surface area contributed by atoms with Gasteiger partial charge in [-0.25, -0.2) is 4.57 Å². The fraction of sp³-hybridized carbons (Fsp3) is 0.951. The van der Waals surface area contributed by atoms with Crippen LogP contribution in [0, 0.1) is 0 Å². The summed E-state index contributed by atoms with van der Waals surface area (Å²) in [5, 5.41) is 0. The van der Waals surface area contributed by atoms with Gasteiger partial charge in [0.15, 0.2) is 6.10 Å². The molecule has 0 aromatic heterocycles. The first-order chi connectivity index (χ1) is 24.5. The molecule has 0 aliphatic rings. The van der Waals surface area contributed by atoms with Crippen molar-refractivity contribution in [3.8, 4) is 0 Å². The van der Waals surface area contributed by atoms with Gasteiger partial charge < -0.3 is 18.9 Å². The molecule has 51 heavy (non-hydrogen) atoms. The largest absolute Gasteiger partial charge is 0.472 e. The Morgan fingerprint density at radius 2 is 0.882 bits per heavy atom. The molecule has 0 fully saturated rings. The number of likely N-dealkylation sites (N-methyl/N-ethyl adjacent to an activating group) is 1. The van der Waals surface area contributed by atoms with E-state index in [1.54, 1.807) is 0 Å². The summed E-state index contributed by atoms with van der Waals surface area (Å²) in [7, 11) is 1.49. The van der Waals surface area contributed by atoms with Crippen LogP contribution in [-0.2, 0) is 32.7 Å². The Balaban J connectivity index is 4.31. The van der Waals surface area contributed by atoms with Crippen LogP contribution in [0.5, 0.6) is 0 Å². The van der Waals surface area contributed by atoms with Gasteiger partial charge in [0.05, 0.1) is 27.7 Å². The summed E-state index contributed by atoms with van der Waals surface area (Å²) in [5.74, 6) is -0.787. The number of esters is 2. The average Bonchev–Trinajstić information content (AvgIpc) is 3.07. The highest BCUT2D eigenvalue weighted by Crippen LogP contribution is 2.43. The van der Waals surface area contributed by atoms with Crippen molar-refractivity contribution in [2.75, 3.05) is 47.5 Å². The molecule has 2 atom stereocenters. The first kappa shape index (κ1) is 50.0. The minimum absolute atomic E-state index is 0.0366. The maximum absolute atomic E-state index is 12.6. The number of carbonyl (C=O) groups excluding carboxylic acids is 2. The highest BCUT2D eigenvalue weighted by atomic mass is 31.2. The van der Waals surface area contributed by atoms with E-state index in [9.17, 15) is 19.0 Å². The molecule has 0 saturated carbocycles. The molecule has 0 aliphatic heterocycles. The molecule has 2 unspecified atom stereocenters. The topological polar surface area (TPSA) is 108 Å². The molecule has 0 heterocycles. The summed E-state index contributed by atoms with van der Waals surface area (Å²) in [5.41, 5.74) is 0. The first-order valence-corrected chi connectivity index (χ1v) is 22.8. The molecular weight excluding hydrogens is 665 g/mol. The molecule has 0 rings (SSSR count). The Labute approximate surface area is 314 Å². The second-order valence-corrected chi connectivity index (χ2v) is 17.2. The third kappa shape index (κ3) is 38.5. The monoisotopic (exact) mass is 749 g/mol. The zero-order valence-electron chi connectivity index (χ0n) is 34.1. The summed E-state index contributed by atoms with van der Waals surface area (Å²) >= 11 is 0. The minimum atomic E-state index is -4.36. The van der Waals surface area contributed by atoms with Crippen LogP contribution in [-0.4, -0.2) is 74.9 Å². The number of quaternary nitrogens is 1. The van der Waals surface area contributed by atoms with E-state index in [0.29, 0.717) is 23.9 Å². The summed E-state index contributed by atoms with van der Waals surface area (Å²) in [6.07, 6.45) is 32.9. The first-order valence-electron chi connectivity index (χ1n) is 21.3. The lowest BCUT2D eigenvalue weighted by Crippen LogP contribution is -2.37. The quantitative estimate of drug-likeness (QED) is 0.0286. The van der Waals surface area contributed by atoms with Gasteiger partial charge in [0, 0.05) is 12.8 Å². The van der Waals surface area contributed by atoms with Crippen molar-refractivity contribution in [1.82, 2.24) is 0 Å². The number of hydrogen-bond donors (Lipinski definition) is 1. The predicted molar refractivity (Wildman–Crippen MR) is 211 cm³/mol. The lowest BCUT2D eigenvalue weighted by atomic mass is 10.0. The van der Waals surface area contributed by atoms with E-state index in [4.69, 9.17) is 18.5 Å². The van der Waals surface area contributed by atoms with Crippen LogP contribution in [0.2, 0.25) is 0 Å². The molecule has 0 aliphatic carbocycles. The number of rotatable bonds is 39. The smallest absolute Gasteiger partial charge is 0.462 e. The third-order valence-electron chi connectivity index (χ3n) is 9.39. The number of phosphoric ester groups is 1. The zero-order chi connectivity index (χ0) is 37.9. The van der Waals surface area contributed by atoms with E-state index < -0.39 is 26.5 Å². The molecule has 1 N–H and O–H groups in total. The van der Waals surface area contributed by atoms with Crippen molar-refractivity contribution in [1.29, 1.82) is 0 Å². The molecule has 0 aromatic rings. The van der Waals surface area contributed by atoms with Gasteiger partial charge in [0.2, 0.25) is 0 Å². The van der Waals surface area contributed by atoms with Crippen molar-refractivity contribution < 1.29 is 42.1 Å². The summed E-state index contributed by atoms with van der Waals surface area (Å²) < 4.78 is 34.2. The number of unbranched alkanes of at least 4 members (excludes halogenated alkanes) is 25. The standard InChI is InChI=1S/C41H82NO8P/c1-6-8-10-12-14-16-18-19-20-21-22-24-25-27-29-31-33-40(43)47-37-39(38-49-51(45,46)48-36-35-42(3,4)5)50-41(44)34-32-30-28-26-23-17-15-13-11-9-7-2/h39H,6-38H2,1-5H3/p+1. The lowest BCUT2D eigenvalue weighted by Gasteiger charge is -2.24. The Morgan fingerprint density at radius 3 is 1.25 bits per heavy atom. The van der Waals surface area contributed by atoms with Crippen molar-refractivity contribution in [2.45, 2.75) is 206 Å². The van der Waals surface area contributed by atoms with Crippen LogP contribution < -0.4 is 0 Å². The molecule has 0 spiro atoms. The molecule has 304 valence electrons. The van der Waals surface area contributed by atoms with Gasteiger partial charge in [0.25, 0.3) is 0 Å². The van der Waals surface area contributed by atoms with Gasteiger partial charge >= 0.3 is 19.8 Å². The molecule has 0 bridgehead atoms. The van der Waals surface area contributed by atoms with Crippen LogP contribution in [0.1, 0.15) is 200 Å². The number of ether oxygens (including phenoxy) is 2. The highest BCUT2D eigenvalue weighted by Gasteiger charge is 2.27. The summed E-state index contributed by atoms with van der Waals surface area (Å²) in [6, 6.07) is 0. The van der Waals surface area contributed by atoms with Gasteiger partial charge in [-0.05, 0) is 12.8 Å². The molecule has 0 saturated heterocycles. The fourth-order valence-corrected chi connectivity index (χ4v) is 6.76. The lowest BCUT2D eigenvalue weighted by molar-refractivity contribution is -0.870. The van der Waals surface area contributed by atoms with Crippen molar-refractivity contribution in [3.63, 3.8) is 0 Å². The Hall–Kier alpha value is -0.990. The Morgan fingerprint density at radius 1 is 0.529 bits per heavy atom. The van der Waals surface area contributed by atoms with Gasteiger partial charge in [0.1, 0.15) is 19.8 Å². The second-order valence-electron chi connectivity index (χ2n) is 15.7. The maximum Gasteiger partial charge on any atom is 0.472 e. The van der Waals surface area contributed by atoms with E-state index in [1.165, 1.54) is 135 Å². The highest BCUT2D eigenvalue weighted by molar-refractivity contribution is 7.47. The number of nitrogens with zero attached hydrogens (tertiary/aromatic N) is 1. The minimum Gasteiger partial charge on any atom is -0.462 e. The molecule has 0 amide bonds. The number of carbonyl (C=O) groups is 2. The zero-order valence-corrected chi connectivity index (χ0v) is 35.0.